The lowest BCUT2D eigenvalue weighted by atomic mass is 9.88. The molecule has 1 aliphatic carbocycles. The van der Waals surface area contributed by atoms with Crippen LogP contribution in [0.5, 0.6) is 5.75 Å². The van der Waals surface area contributed by atoms with E-state index in [0.717, 1.165) is 25.7 Å². The number of benzene rings is 1. The molecule has 0 radical (unpaired) electrons. The number of phenolic OH excluding ortho intramolecular Hbond substituents is 1. The van der Waals surface area contributed by atoms with E-state index in [9.17, 15) is 15.2 Å². The van der Waals surface area contributed by atoms with Crippen molar-refractivity contribution in [3.8, 4) is 5.75 Å². The number of nitro groups is 1. The van der Waals surface area contributed by atoms with Crippen molar-refractivity contribution in [1.29, 1.82) is 0 Å². The Bertz CT molecular complexity index is 425. The van der Waals surface area contributed by atoms with Gasteiger partial charge in [-0.25, -0.2) is 0 Å². The zero-order valence-corrected chi connectivity index (χ0v) is 8.85. The summed E-state index contributed by atoms with van der Waals surface area (Å²) in [5, 5.41) is 20.4. The number of non-ortho nitro benzene ring substituents is 1. The number of hydrogen-bond donors (Lipinski definition) is 2. The van der Waals surface area contributed by atoms with Crippen molar-refractivity contribution in [3.63, 3.8) is 0 Å². The summed E-state index contributed by atoms with van der Waals surface area (Å²) >= 11 is 0. The first-order valence-corrected chi connectivity index (χ1v) is 5.30. The molecule has 0 saturated heterocycles. The van der Waals surface area contributed by atoms with Crippen LogP contribution in [0.2, 0.25) is 0 Å². The van der Waals surface area contributed by atoms with Crippen LogP contribution in [0, 0.1) is 10.1 Å². The first-order valence-electron chi connectivity index (χ1n) is 5.30. The number of nitro benzene ring substituents is 1. The van der Waals surface area contributed by atoms with E-state index in [1.54, 1.807) is 0 Å². The third-order valence-corrected chi connectivity index (χ3v) is 3.22. The van der Waals surface area contributed by atoms with Crippen molar-refractivity contribution in [2.45, 2.75) is 31.2 Å². The van der Waals surface area contributed by atoms with Gasteiger partial charge in [-0.1, -0.05) is 12.8 Å². The van der Waals surface area contributed by atoms with E-state index in [1.165, 1.54) is 18.2 Å². The predicted molar refractivity (Wildman–Crippen MR) is 59.1 cm³/mol. The summed E-state index contributed by atoms with van der Waals surface area (Å²) in [4.78, 5) is 10.2. The van der Waals surface area contributed by atoms with E-state index < -0.39 is 10.5 Å². The van der Waals surface area contributed by atoms with Crippen LogP contribution in [0.3, 0.4) is 0 Å². The number of aromatic hydroxyl groups is 1. The number of rotatable bonds is 2. The van der Waals surface area contributed by atoms with Crippen molar-refractivity contribution in [2.24, 2.45) is 5.73 Å². The molecule has 3 N–H and O–H groups in total. The Hall–Kier alpha value is -1.62. The summed E-state index contributed by atoms with van der Waals surface area (Å²) < 4.78 is 0. The van der Waals surface area contributed by atoms with E-state index >= 15 is 0 Å². The number of nitrogens with two attached hydrogens (primary N) is 1. The van der Waals surface area contributed by atoms with Gasteiger partial charge < -0.3 is 10.8 Å². The number of phenols is 1. The molecule has 1 aromatic carbocycles. The summed E-state index contributed by atoms with van der Waals surface area (Å²) in [5.41, 5.74) is 6.04. The van der Waals surface area contributed by atoms with Crippen LogP contribution in [0.4, 0.5) is 5.69 Å². The lowest BCUT2D eigenvalue weighted by Crippen LogP contribution is -2.33. The quantitative estimate of drug-likeness (QED) is 0.591. The molecule has 0 bridgehead atoms. The van der Waals surface area contributed by atoms with Crippen LogP contribution in [0.1, 0.15) is 31.2 Å². The maximum absolute atomic E-state index is 10.7. The lowest BCUT2D eigenvalue weighted by molar-refractivity contribution is -0.385. The summed E-state index contributed by atoms with van der Waals surface area (Å²) in [6.07, 6.45) is 3.53. The van der Waals surface area contributed by atoms with Crippen molar-refractivity contribution < 1.29 is 10.0 Å². The average molecular weight is 222 g/mol. The molecule has 5 heteroatoms. The SMILES string of the molecule is NC1(c2cc([N+](=O)[O-])ccc2O)CCCC1. The van der Waals surface area contributed by atoms with Gasteiger partial charge in [-0.05, 0) is 18.9 Å². The molecule has 0 amide bonds. The normalized spacial score (nSPS) is 18.6. The standard InChI is InChI=1S/C11H14N2O3/c12-11(5-1-2-6-11)9-7-8(13(15)16)3-4-10(9)14/h3-4,7,14H,1-2,5-6,12H2. The van der Waals surface area contributed by atoms with Gasteiger partial charge in [0, 0.05) is 23.2 Å². The number of nitrogens with zero attached hydrogens (tertiary/aromatic N) is 1. The predicted octanol–water partition coefficient (Wildman–Crippen LogP) is 2.03. The zero-order chi connectivity index (χ0) is 11.8. The smallest absolute Gasteiger partial charge is 0.270 e. The Morgan fingerprint density at radius 1 is 1.38 bits per heavy atom. The van der Waals surface area contributed by atoms with Gasteiger partial charge in [0.25, 0.3) is 5.69 Å². The Morgan fingerprint density at radius 3 is 2.56 bits per heavy atom. The van der Waals surface area contributed by atoms with Gasteiger partial charge in [0.1, 0.15) is 5.75 Å². The van der Waals surface area contributed by atoms with Crippen LogP contribution in [-0.4, -0.2) is 10.0 Å². The maximum atomic E-state index is 10.7. The largest absolute Gasteiger partial charge is 0.508 e. The van der Waals surface area contributed by atoms with Crippen molar-refractivity contribution in [3.05, 3.63) is 33.9 Å². The van der Waals surface area contributed by atoms with E-state index in [-0.39, 0.29) is 11.4 Å². The van der Waals surface area contributed by atoms with Crippen LogP contribution in [0.15, 0.2) is 18.2 Å². The second kappa shape index (κ2) is 3.75. The third-order valence-electron chi connectivity index (χ3n) is 3.22. The Balaban J connectivity index is 2.46. The van der Waals surface area contributed by atoms with Gasteiger partial charge >= 0.3 is 0 Å². The van der Waals surface area contributed by atoms with Gasteiger partial charge in [-0.15, -0.1) is 0 Å². The molecule has 0 heterocycles. The monoisotopic (exact) mass is 222 g/mol. The van der Waals surface area contributed by atoms with E-state index in [2.05, 4.69) is 0 Å². The molecule has 0 aromatic heterocycles. The molecule has 0 atom stereocenters. The molecule has 1 fully saturated rings. The Morgan fingerprint density at radius 2 is 2.00 bits per heavy atom. The summed E-state index contributed by atoms with van der Waals surface area (Å²) in [5.74, 6) is 0.0509. The Labute approximate surface area is 93.0 Å². The fraction of sp³-hybridized carbons (Fsp3) is 0.455. The van der Waals surface area contributed by atoms with Gasteiger partial charge in [-0.2, -0.15) is 0 Å². The molecule has 1 saturated carbocycles. The highest BCUT2D eigenvalue weighted by atomic mass is 16.6. The molecular weight excluding hydrogens is 208 g/mol. The van der Waals surface area contributed by atoms with Gasteiger partial charge in [0.2, 0.25) is 0 Å². The van der Waals surface area contributed by atoms with Gasteiger partial charge in [-0.3, -0.25) is 10.1 Å². The summed E-state index contributed by atoms with van der Waals surface area (Å²) in [7, 11) is 0. The minimum absolute atomic E-state index is 0.0236. The molecule has 0 unspecified atom stereocenters. The van der Waals surface area contributed by atoms with Gasteiger partial charge in [0.15, 0.2) is 0 Å². The molecule has 1 aliphatic rings. The summed E-state index contributed by atoms with van der Waals surface area (Å²) in [6, 6.07) is 4.03. The Kier molecular flexibility index (Phi) is 2.55. The van der Waals surface area contributed by atoms with Crippen molar-refractivity contribution >= 4 is 5.69 Å². The third kappa shape index (κ3) is 1.74. The molecular formula is C11H14N2O3. The zero-order valence-electron chi connectivity index (χ0n) is 8.85. The second-order valence-corrected chi connectivity index (χ2v) is 4.32. The van der Waals surface area contributed by atoms with Crippen molar-refractivity contribution in [1.82, 2.24) is 0 Å². The second-order valence-electron chi connectivity index (χ2n) is 4.32. The minimum Gasteiger partial charge on any atom is -0.508 e. The fourth-order valence-corrected chi connectivity index (χ4v) is 2.31. The van der Waals surface area contributed by atoms with E-state index in [0.29, 0.717) is 5.56 Å². The highest BCUT2D eigenvalue weighted by Crippen LogP contribution is 2.41. The maximum Gasteiger partial charge on any atom is 0.270 e. The molecule has 5 nitrogen and oxygen atoms in total. The lowest BCUT2D eigenvalue weighted by Gasteiger charge is -2.24. The van der Waals surface area contributed by atoms with E-state index in [4.69, 9.17) is 5.73 Å². The highest BCUT2D eigenvalue weighted by molar-refractivity contribution is 5.46. The van der Waals surface area contributed by atoms with Crippen LogP contribution in [-0.2, 0) is 5.54 Å². The minimum atomic E-state index is -0.601. The molecule has 1 aromatic rings. The first-order chi connectivity index (χ1) is 7.53. The first kappa shape index (κ1) is 10.9. The highest BCUT2D eigenvalue weighted by Gasteiger charge is 2.34. The van der Waals surface area contributed by atoms with Gasteiger partial charge in [0.05, 0.1) is 4.92 Å². The van der Waals surface area contributed by atoms with Crippen LogP contribution in [0.25, 0.3) is 0 Å². The topological polar surface area (TPSA) is 89.4 Å². The van der Waals surface area contributed by atoms with Crippen LogP contribution < -0.4 is 5.73 Å². The molecule has 2 rings (SSSR count). The number of hydrogen-bond acceptors (Lipinski definition) is 4. The molecule has 0 aliphatic heterocycles. The van der Waals surface area contributed by atoms with Crippen LogP contribution >= 0.6 is 0 Å². The molecule has 16 heavy (non-hydrogen) atoms. The average Bonchev–Trinajstić information content (AvgIpc) is 2.66. The molecule has 0 spiro atoms. The fourth-order valence-electron chi connectivity index (χ4n) is 2.31. The molecule has 86 valence electrons. The van der Waals surface area contributed by atoms with Crippen molar-refractivity contribution in [2.75, 3.05) is 0 Å². The summed E-state index contributed by atoms with van der Waals surface area (Å²) in [6.45, 7) is 0. The van der Waals surface area contributed by atoms with E-state index in [1.807, 2.05) is 0 Å².